The summed E-state index contributed by atoms with van der Waals surface area (Å²) in [6, 6.07) is 15.4. The van der Waals surface area contributed by atoms with Crippen molar-refractivity contribution in [2.75, 3.05) is 20.8 Å². The minimum atomic E-state index is 0.478. The number of aliphatic imine (C=N–C) groups is 1. The summed E-state index contributed by atoms with van der Waals surface area (Å²) in [5, 5.41) is 0. The second-order valence-corrected chi connectivity index (χ2v) is 5.39. The molecule has 0 saturated heterocycles. The molecule has 0 aliphatic heterocycles. The van der Waals surface area contributed by atoms with Gasteiger partial charge in [0.2, 0.25) is 5.90 Å². The van der Waals surface area contributed by atoms with Crippen LogP contribution in [0.15, 0.2) is 65.7 Å². The summed E-state index contributed by atoms with van der Waals surface area (Å²) in [5.74, 6) is 1.92. The molecule has 0 fully saturated rings. The van der Waals surface area contributed by atoms with Crippen LogP contribution in [0.5, 0.6) is 11.5 Å². The van der Waals surface area contributed by atoms with Crippen molar-refractivity contribution < 1.29 is 14.2 Å². The Morgan fingerprint density at radius 2 is 1.80 bits per heavy atom. The Morgan fingerprint density at radius 3 is 2.48 bits per heavy atom. The first kappa shape index (κ1) is 18.6. The van der Waals surface area contributed by atoms with Crippen molar-refractivity contribution >= 4 is 11.6 Å². The molecule has 4 nitrogen and oxygen atoms in total. The second kappa shape index (κ2) is 10.2. The lowest BCUT2D eigenvalue weighted by Crippen LogP contribution is -2.06. The van der Waals surface area contributed by atoms with Crippen LogP contribution < -0.4 is 9.47 Å². The topological polar surface area (TPSA) is 40.0 Å². The van der Waals surface area contributed by atoms with Crippen LogP contribution in [-0.2, 0) is 4.74 Å². The van der Waals surface area contributed by atoms with Crippen LogP contribution in [0.3, 0.4) is 0 Å². The summed E-state index contributed by atoms with van der Waals surface area (Å²) in [7, 11) is 3.24. The lowest BCUT2D eigenvalue weighted by Gasteiger charge is -2.11. The Kier molecular flexibility index (Phi) is 7.57. The van der Waals surface area contributed by atoms with Gasteiger partial charge in [0.1, 0.15) is 23.8 Å². The monoisotopic (exact) mass is 339 g/mol. The Morgan fingerprint density at radius 1 is 1.00 bits per heavy atom. The molecule has 0 radical (unpaired) electrons. The van der Waals surface area contributed by atoms with Crippen LogP contribution in [0.2, 0.25) is 0 Å². The lowest BCUT2D eigenvalue weighted by atomic mass is 10.2. The van der Waals surface area contributed by atoms with Gasteiger partial charge in [-0.3, -0.25) is 0 Å². The van der Waals surface area contributed by atoms with E-state index in [9.17, 15) is 0 Å². The average Bonchev–Trinajstić information content (AvgIpc) is 2.67. The summed E-state index contributed by atoms with van der Waals surface area (Å²) in [5.41, 5.74) is 1.61. The standard InChI is InChI=1S/C21H25NO3/c1-4-5-6-10-15-25-21(17-11-8-7-9-12-17)22-19-14-13-18(23-2)16-20(19)24-3/h6-14,16H,4-5,15H2,1-3H3/b10-6+,22-21?. The normalized spacial score (nSPS) is 11.6. The fourth-order valence-corrected chi connectivity index (χ4v) is 2.23. The van der Waals surface area contributed by atoms with Gasteiger partial charge in [-0.1, -0.05) is 43.7 Å². The summed E-state index contributed by atoms with van der Waals surface area (Å²) >= 11 is 0. The number of rotatable bonds is 8. The van der Waals surface area contributed by atoms with Gasteiger partial charge >= 0.3 is 0 Å². The van der Waals surface area contributed by atoms with Gasteiger partial charge in [-0.05, 0) is 30.7 Å². The van der Waals surface area contributed by atoms with Crippen molar-refractivity contribution in [2.24, 2.45) is 4.99 Å². The zero-order valence-corrected chi connectivity index (χ0v) is 15.1. The highest BCUT2D eigenvalue weighted by Gasteiger charge is 2.09. The molecule has 4 heteroatoms. The van der Waals surface area contributed by atoms with E-state index in [0.29, 0.717) is 23.9 Å². The summed E-state index contributed by atoms with van der Waals surface area (Å²) in [4.78, 5) is 4.67. The number of nitrogens with zero attached hydrogens (tertiary/aromatic N) is 1. The molecule has 2 rings (SSSR count). The van der Waals surface area contributed by atoms with Crippen LogP contribution in [0.25, 0.3) is 0 Å². The third-order valence-electron chi connectivity index (χ3n) is 3.57. The highest BCUT2D eigenvalue weighted by molar-refractivity contribution is 5.96. The van der Waals surface area contributed by atoms with Crippen LogP contribution in [0.1, 0.15) is 25.3 Å². The molecular formula is C21H25NO3. The lowest BCUT2D eigenvalue weighted by molar-refractivity contribution is 0.351. The number of allylic oxidation sites excluding steroid dienone is 1. The van der Waals surface area contributed by atoms with Gasteiger partial charge in [-0.15, -0.1) is 0 Å². The fourth-order valence-electron chi connectivity index (χ4n) is 2.23. The molecule has 0 unspecified atom stereocenters. The van der Waals surface area contributed by atoms with E-state index in [4.69, 9.17) is 14.2 Å². The molecule has 0 spiro atoms. The van der Waals surface area contributed by atoms with Gasteiger partial charge in [-0.25, -0.2) is 4.99 Å². The molecular weight excluding hydrogens is 314 g/mol. The number of unbranched alkanes of at least 4 members (excludes halogenated alkanes) is 1. The maximum atomic E-state index is 5.91. The molecule has 0 heterocycles. The Hall–Kier alpha value is -2.75. The molecule has 0 atom stereocenters. The van der Waals surface area contributed by atoms with E-state index < -0.39 is 0 Å². The highest BCUT2D eigenvalue weighted by atomic mass is 16.5. The third kappa shape index (κ3) is 5.68. The van der Waals surface area contributed by atoms with E-state index in [0.717, 1.165) is 24.2 Å². The van der Waals surface area contributed by atoms with Gasteiger partial charge in [0.25, 0.3) is 0 Å². The van der Waals surface area contributed by atoms with Crippen LogP contribution in [-0.4, -0.2) is 26.7 Å². The second-order valence-electron chi connectivity index (χ2n) is 5.39. The van der Waals surface area contributed by atoms with Crippen molar-refractivity contribution in [1.82, 2.24) is 0 Å². The van der Waals surface area contributed by atoms with Gasteiger partial charge in [0.15, 0.2) is 0 Å². The minimum absolute atomic E-state index is 0.478. The van der Waals surface area contributed by atoms with E-state index in [-0.39, 0.29) is 0 Å². The Bertz CT molecular complexity index is 708. The van der Waals surface area contributed by atoms with Crippen molar-refractivity contribution in [3.8, 4) is 11.5 Å². The van der Waals surface area contributed by atoms with Crippen molar-refractivity contribution in [3.63, 3.8) is 0 Å². The van der Waals surface area contributed by atoms with Gasteiger partial charge in [-0.2, -0.15) is 0 Å². The van der Waals surface area contributed by atoms with Gasteiger partial charge in [0.05, 0.1) is 14.2 Å². The SMILES string of the molecule is CCC/C=C/COC(=Nc1ccc(OC)cc1OC)c1ccccc1. The third-order valence-corrected chi connectivity index (χ3v) is 3.57. The molecule has 25 heavy (non-hydrogen) atoms. The molecule has 0 saturated carbocycles. The van der Waals surface area contributed by atoms with E-state index in [1.165, 1.54) is 0 Å². The number of methoxy groups -OCH3 is 2. The first-order valence-electron chi connectivity index (χ1n) is 8.42. The number of hydrogen-bond acceptors (Lipinski definition) is 4. The van der Waals surface area contributed by atoms with Crippen molar-refractivity contribution in [2.45, 2.75) is 19.8 Å². The van der Waals surface area contributed by atoms with Gasteiger partial charge < -0.3 is 14.2 Å². The quantitative estimate of drug-likeness (QED) is 0.379. The average molecular weight is 339 g/mol. The molecule has 0 aliphatic carbocycles. The largest absolute Gasteiger partial charge is 0.497 e. The molecule has 0 bridgehead atoms. The van der Waals surface area contributed by atoms with Crippen LogP contribution >= 0.6 is 0 Å². The molecule has 0 aromatic heterocycles. The number of hydrogen-bond donors (Lipinski definition) is 0. The van der Waals surface area contributed by atoms with E-state index in [1.54, 1.807) is 14.2 Å². The molecule has 0 amide bonds. The van der Waals surface area contributed by atoms with Crippen molar-refractivity contribution in [1.29, 1.82) is 0 Å². The smallest absolute Gasteiger partial charge is 0.221 e. The minimum Gasteiger partial charge on any atom is -0.497 e. The first-order valence-corrected chi connectivity index (χ1v) is 8.42. The number of benzene rings is 2. The van der Waals surface area contributed by atoms with E-state index in [2.05, 4.69) is 18.0 Å². The molecule has 0 N–H and O–H groups in total. The molecule has 0 aliphatic rings. The molecule has 2 aromatic rings. The predicted octanol–water partition coefficient (Wildman–Crippen LogP) is 5.16. The van der Waals surface area contributed by atoms with Crippen molar-refractivity contribution in [3.05, 3.63) is 66.2 Å². The van der Waals surface area contributed by atoms with Gasteiger partial charge in [0, 0.05) is 11.6 Å². The van der Waals surface area contributed by atoms with E-state index in [1.807, 2.05) is 54.6 Å². The Balaban J connectivity index is 2.29. The summed E-state index contributed by atoms with van der Waals surface area (Å²) in [6.07, 6.45) is 6.32. The number of ether oxygens (including phenoxy) is 3. The van der Waals surface area contributed by atoms with Crippen LogP contribution in [0.4, 0.5) is 5.69 Å². The van der Waals surface area contributed by atoms with E-state index >= 15 is 0 Å². The first-order chi connectivity index (χ1) is 12.3. The van der Waals surface area contributed by atoms with Crippen LogP contribution in [0, 0.1) is 0 Å². The zero-order valence-electron chi connectivity index (χ0n) is 15.1. The summed E-state index contributed by atoms with van der Waals surface area (Å²) in [6.45, 7) is 2.63. The Labute approximate surface area is 149 Å². The summed E-state index contributed by atoms with van der Waals surface area (Å²) < 4.78 is 16.6. The molecule has 2 aromatic carbocycles. The predicted molar refractivity (Wildman–Crippen MR) is 102 cm³/mol. The maximum Gasteiger partial charge on any atom is 0.221 e. The zero-order chi connectivity index (χ0) is 17.9. The maximum absolute atomic E-state index is 5.91. The highest BCUT2D eigenvalue weighted by Crippen LogP contribution is 2.32. The molecule has 132 valence electrons. The fraction of sp³-hybridized carbons (Fsp3) is 0.286.